The normalized spacial score (nSPS) is 11.2. The average molecular weight is 230 g/mol. The Bertz CT molecular complexity index is 317. The Labute approximate surface area is 95.0 Å². The van der Waals surface area contributed by atoms with E-state index >= 15 is 0 Å². The zero-order chi connectivity index (χ0) is 11.3. The third-order valence-electron chi connectivity index (χ3n) is 1.96. The van der Waals surface area contributed by atoms with Gasteiger partial charge in [0.05, 0.1) is 7.11 Å². The van der Waals surface area contributed by atoms with Crippen molar-refractivity contribution in [2.24, 2.45) is 5.41 Å². The van der Waals surface area contributed by atoms with E-state index in [0.29, 0.717) is 11.8 Å². The van der Waals surface area contributed by atoms with Gasteiger partial charge in [0.2, 0.25) is 5.88 Å². The van der Waals surface area contributed by atoms with Crippen LogP contribution in [0, 0.1) is 5.41 Å². The second-order valence-electron chi connectivity index (χ2n) is 4.10. The van der Waals surface area contributed by atoms with Gasteiger partial charge in [0.25, 0.3) is 0 Å². The molecule has 15 heavy (non-hydrogen) atoms. The quantitative estimate of drug-likeness (QED) is 0.787. The number of hydrogen-bond acceptors (Lipinski definition) is 4. The van der Waals surface area contributed by atoms with Crippen molar-refractivity contribution < 1.29 is 4.74 Å². The van der Waals surface area contributed by atoms with Gasteiger partial charge in [-0.15, -0.1) is 11.6 Å². The fourth-order valence-corrected chi connectivity index (χ4v) is 1.02. The van der Waals surface area contributed by atoms with Crippen molar-refractivity contribution in [1.82, 2.24) is 9.97 Å². The van der Waals surface area contributed by atoms with Crippen LogP contribution in [0.1, 0.15) is 13.8 Å². The first-order chi connectivity index (χ1) is 7.07. The van der Waals surface area contributed by atoms with E-state index in [1.54, 1.807) is 13.2 Å². The summed E-state index contributed by atoms with van der Waals surface area (Å²) >= 11 is 5.82. The molecule has 0 aromatic carbocycles. The number of halogens is 1. The Morgan fingerprint density at radius 2 is 2.20 bits per heavy atom. The molecule has 84 valence electrons. The fraction of sp³-hybridized carbons (Fsp3) is 0.600. The summed E-state index contributed by atoms with van der Waals surface area (Å²) in [7, 11) is 1.58. The summed E-state index contributed by atoms with van der Waals surface area (Å²) in [5.41, 5.74) is 0.0414. The predicted molar refractivity (Wildman–Crippen MR) is 61.6 cm³/mol. The Hall–Kier alpha value is -1.03. The molecule has 0 amide bonds. The molecule has 0 saturated carbocycles. The van der Waals surface area contributed by atoms with Gasteiger partial charge in [-0.25, -0.2) is 9.97 Å². The number of hydrogen-bond donors (Lipinski definition) is 1. The molecule has 0 saturated heterocycles. The van der Waals surface area contributed by atoms with E-state index in [1.165, 1.54) is 6.33 Å². The summed E-state index contributed by atoms with van der Waals surface area (Å²) in [5.74, 6) is 1.90. The van der Waals surface area contributed by atoms with Gasteiger partial charge < -0.3 is 10.1 Å². The third kappa shape index (κ3) is 3.91. The van der Waals surface area contributed by atoms with Crippen LogP contribution in [0.4, 0.5) is 5.82 Å². The van der Waals surface area contributed by atoms with Crippen molar-refractivity contribution in [2.45, 2.75) is 13.8 Å². The summed E-state index contributed by atoms with van der Waals surface area (Å²) in [4.78, 5) is 8.00. The molecule has 4 nitrogen and oxygen atoms in total. The maximum atomic E-state index is 5.82. The first-order valence-electron chi connectivity index (χ1n) is 4.73. The van der Waals surface area contributed by atoms with E-state index in [0.717, 1.165) is 12.4 Å². The summed E-state index contributed by atoms with van der Waals surface area (Å²) in [5, 5.41) is 3.20. The summed E-state index contributed by atoms with van der Waals surface area (Å²) < 4.78 is 5.00. The topological polar surface area (TPSA) is 47.0 Å². The third-order valence-corrected chi connectivity index (χ3v) is 2.68. The van der Waals surface area contributed by atoms with Gasteiger partial charge in [0, 0.05) is 18.5 Å². The second-order valence-corrected chi connectivity index (χ2v) is 4.36. The van der Waals surface area contributed by atoms with Crippen LogP contribution in [-0.2, 0) is 0 Å². The number of anilines is 1. The number of nitrogens with one attached hydrogen (secondary N) is 1. The Balaban J connectivity index is 2.57. The van der Waals surface area contributed by atoms with E-state index in [2.05, 4.69) is 29.1 Å². The van der Waals surface area contributed by atoms with Crippen LogP contribution in [-0.4, -0.2) is 29.5 Å². The van der Waals surface area contributed by atoms with Gasteiger partial charge in [0.15, 0.2) is 0 Å². The summed E-state index contributed by atoms with van der Waals surface area (Å²) in [6.45, 7) is 4.94. The van der Waals surface area contributed by atoms with Gasteiger partial charge in [-0.1, -0.05) is 13.8 Å². The molecule has 0 aliphatic carbocycles. The van der Waals surface area contributed by atoms with Gasteiger partial charge in [-0.3, -0.25) is 0 Å². The van der Waals surface area contributed by atoms with Crippen molar-refractivity contribution in [3.8, 4) is 5.88 Å². The van der Waals surface area contributed by atoms with E-state index < -0.39 is 0 Å². The van der Waals surface area contributed by atoms with Crippen molar-refractivity contribution >= 4 is 17.4 Å². The lowest BCUT2D eigenvalue weighted by Gasteiger charge is -2.21. The minimum Gasteiger partial charge on any atom is -0.481 e. The molecule has 0 bridgehead atoms. The number of ether oxygens (including phenoxy) is 1. The molecule has 1 N–H and O–H groups in total. The van der Waals surface area contributed by atoms with Crippen molar-refractivity contribution in [1.29, 1.82) is 0 Å². The SMILES string of the molecule is COc1cc(NCC(C)(C)CCl)ncn1. The molecule has 1 rings (SSSR count). The number of alkyl halides is 1. The molecule has 1 heterocycles. The largest absolute Gasteiger partial charge is 0.481 e. The van der Waals surface area contributed by atoms with E-state index in [4.69, 9.17) is 16.3 Å². The monoisotopic (exact) mass is 229 g/mol. The highest BCUT2D eigenvalue weighted by atomic mass is 35.5. The molecule has 0 spiro atoms. The highest BCUT2D eigenvalue weighted by Crippen LogP contribution is 2.18. The van der Waals surface area contributed by atoms with Crippen LogP contribution in [0.5, 0.6) is 5.88 Å². The summed E-state index contributed by atoms with van der Waals surface area (Å²) in [6, 6.07) is 1.75. The standard InChI is InChI=1S/C10H16ClN3O/c1-10(2,5-11)6-12-8-4-9(15-3)14-7-13-8/h4,7H,5-6H2,1-3H3,(H,12,13,14). The van der Waals surface area contributed by atoms with Crippen LogP contribution in [0.3, 0.4) is 0 Å². The molecule has 0 fully saturated rings. The highest BCUT2D eigenvalue weighted by Gasteiger charge is 2.16. The molecule has 0 aliphatic rings. The molecule has 1 aromatic heterocycles. The molecular formula is C10H16ClN3O. The zero-order valence-electron chi connectivity index (χ0n) is 9.25. The van der Waals surface area contributed by atoms with E-state index in [1.807, 2.05) is 0 Å². The maximum Gasteiger partial charge on any atom is 0.218 e. The smallest absolute Gasteiger partial charge is 0.218 e. The van der Waals surface area contributed by atoms with Gasteiger partial charge >= 0.3 is 0 Å². The van der Waals surface area contributed by atoms with Crippen LogP contribution >= 0.6 is 11.6 Å². The average Bonchev–Trinajstić information content (AvgIpc) is 2.27. The predicted octanol–water partition coefficient (Wildman–Crippen LogP) is 2.16. The lowest BCUT2D eigenvalue weighted by molar-refractivity contribution is 0.396. The Morgan fingerprint density at radius 1 is 1.47 bits per heavy atom. The lowest BCUT2D eigenvalue weighted by atomic mass is 9.97. The molecule has 5 heteroatoms. The Morgan fingerprint density at radius 3 is 2.80 bits per heavy atom. The maximum absolute atomic E-state index is 5.82. The van der Waals surface area contributed by atoms with Crippen LogP contribution in [0.25, 0.3) is 0 Å². The summed E-state index contributed by atoms with van der Waals surface area (Å²) in [6.07, 6.45) is 1.47. The number of aromatic nitrogens is 2. The van der Waals surface area contributed by atoms with Crippen LogP contribution < -0.4 is 10.1 Å². The molecule has 0 radical (unpaired) electrons. The van der Waals surface area contributed by atoms with E-state index in [-0.39, 0.29) is 5.41 Å². The molecule has 0 atom stereocenters. The second kappa shape index (κ2) is 5.16. The molecule has 0 unspecified atom stereocenters. The highest BCUT2D eigenvalue weighted by molar-refractivity contribution is 6.18. The molecular weight excluding hydrogens is 214 g/mol. The number of methoxy groups -OCH3 is 1. The Kier molecular flexibility index (Phi) is 4.15. The van der Waals surface area contributed by atoms with Crippen molar-refractivity contribution in [2.75, 3.05) is 24.9 Å². The fourth-order valence-electron chi connectivity index (χ4n) is 0.925. The zero-order valence-corrected chi connectivity index (χ0v) is 10.0. The number of nitrogens with zero attached hydrogens (tertiary/aromatic N) is 2. The van der Waals surface area contributed by atoms with E-state index in [9.17, 15) is 0 Å². The molecule has 0 aliphatic heterocycles. The van der Waals surface area contributed by atoms with Crippen LogP contribution in [0.15, 0.2) is 12.4 Å². The number of rotatable bonds is 5. The van der Waals surface area contributed by atoms with Crippen LogP contribution in [0.2, 0.25) is 0 Å². The molecule has 1 aromatic rings. The van der Waals surface area contributed by atoms with Gasteiger partial charge in [0.1, 0.15) is 12.1 Å². The first kappa shape index (κ1) is 12.0. The van der Waals surface area contributed by atoms with Crippen molar-refractivity contribution in [3.63, 3.8) is 0 Å². The van der Waals surface area contributed by atoms with Crippen molar-refractivity contribution in [3.05, 3.63) is 12.4 Å². The first-order valence-corrected chi connectivity index (χ1v) is 5.27. The minimum atomic E-state index is 0.0414. The lowest BCUT2D eigenvalue weighted by Crippen LogP contribution is -2.25. The van der Waals surface area contributed by atoms with Gasteiger partial charge in [-0.05, 0) is 5.41 Å². The minimum absolute atomic E-state index is 0.0414. The van der Waals surface area contributed by atoms with Gasteiger partial charge in [-0.2, -0.15) is 0 Å².